The minimum absolute atomic E-state index is 0.0629. The van der Waals surface area contributed by atoms with Gasteiger partial charge in [0.2, 0.25) is 5.91 Å². The van der Waals surface area contributed by atoms with Gasteiger partial charge in [-0.25, -0.2) is 4.79 Å². The molecule has 0 saturated carbocycles. The Morgan fingerprint density at radius 3 is 2.37 bits per heavy atom. The smallest absolute Gasteiger partial charge is 0.331 e. The van der Waals surface area contributed by atoms with Crippen LogP contribution in [0.1, 0.15) is 6.42 Å². The maximum absolute atomic E-state index is 12.6. The van der Waals surface area contributed by atoms with E-state index in [4.69, 9.17) is 0 Å². The van der Waals surface area contributed by atoms with E-state index in [1.165, 1.54) is 16.7 Å². The molecule has 10 heteroatoms. The summed E-state index contributed by atoms with van der Waals surface area (Å²) in [6, 6.07) is 1.69. The molecule has 0 aromatic carbocycles. The number of imide groups is 1. The van der Waals surface area contributed by atoms with Gasteiger partial charge in [0.05, 0.1) is 5.52 Å². The Kier molecular flexibility index (Phi) is 4.80. The van der Waals surface area contributed by atoms with Crippen molar-refractivity contribution in [3.05, 3.63) is 45.3 Å². The fraction of sp³-hybridized carbons (Fsp3) is 0.353. The third-order valence-electron chi connectivity index (χ3n) is 4.50. The number of nitrogens with zero attached hydrogens (tertiary/aromatic N) is 4. The molecular weight excluding hydrogens is 354 g/mol. The molecule has 0 radical (unpaired) electrons. The van der Waals surface area contributed by atoms with Gasteiger partial charge in [-0.2, -0.15) is 0 Å². The largest absolute Gasteiger partial charge is 0.354 e. The Morgan fingerprint density at radius 2 is 1.70 bits per heavy atom. The van der Waals surface area contributed by atoms with Crippen LogP contribution in [0, 0.1) is 0 Å². The Bertz CT molecular complexity index is 1070. The van der Waals surface area contributed by atoms with Gasteiger partial charge in [-0.15, -0.1) is 0 Å². The van der Waals surface area contributed by atoms with E-state index in [9.17, 15) is 24.0 Å². The van der Waals surface area contributed by atoms with Crippen molar-refractivity contribution in [1.82, 2.24) is 23.9 Å². The summed E-state index contributed by atoms with van der Waals surface area (Å²) in [5, 5.41) is 2.58. The highest BCUT2D eigenvalue weighted by Crippen LogP contribution is 2.07. The second-order valence-electron chi connectivity index (χ2n) is 6.22. The van der Waals surface area contributed by atoms with Gasteiger partial charge < -0.3 is 9.88 Å². The predicted molar refractivity (Wildman–Crippen MR) is 95.9 cm³/mol. The van der Waals surface area contributed by atoms with Crippen LogP contribution in [0.2, 0.25) is 0 Å². The van der Waals surface area contributed by atoms with Gasteiger partial charge in [0, 0.05) is 58.5 Å². The second-order valence-corrected chi connectivity index (χ2v) is 6.22. The minimum Gasteiger partial charge on any atom is -0.354 e. The summed E-state index contributed by atoms with van der Waals surface area (Å²) in [5.74, 6) is -1.22. The number of fused-ring (bicyclic) bond motifs is 1. The van der Waals surface area contributed by atoms with Crippen molar-refractivity contribution >= 4 is 28.8 Å². The van der Waals surface area contributed by atoms with Crippen LogP contribution in [-0.4, -0.2) is 49.4 Å². The van der Waals surface area contributed by atoms with Crippen LogP contribution in [0.15, 0.2) is 34.0 Å². The van der Waals surface area contributed by atoms with Crippen LogP contribution in [-0.2, 0) is 35.0 Å². The van der Waals surface area contributed by atoms with E-state index in [2.05, 4.69) is 5.32 Å². The molecule has 1 N–H and O–H groups in total. The van der Waals surface area contributed by atoms with Crippen LogP contribution in [0.4, 0.5) is 0 Å². The summed E-state index contributed by atoms with van der Waals surface area (Å²) in [7, 11) is 3.28. The van der Waals surface area contributed by atoms with Gasteiger partial charge in [-0.1, -0.05) is 0 Å². The molecule has 3 amide bonds. The van der Waals surface area contributed by atoms with E-state index in [1.807, 2.05) is 0 Å². The van der Waals surface area contributed by atoms with Gasteiger partial charge in [-0.05, 0) is 6.07 Å². The van der Waals surface area contributed by atoms with E-state index in [0.717, 1.165) is 9.47 Å². The first-order valence-corrected chi connectivity index (χ1v) is 8.36. The predicted octanol–water partition coefficient (Wildman–Crippen LogP) is -1.53. The van der Waals surface area contributed by atoms with Crippen LogP contribution in [0.3, 0.4) is 0 Å². The van der Waals surface area contributed by atoms with Crippen molar-refractivity contribution in [2.45, 2.75) is 13.0 Å². The molecule has 3 heterocycles. The number of nitrogens with one attached hydrogen (secondary N) is 1. The van der Waals surface area contributed by atoms with Gasteiger partial charge in [0.25, 0.3) is 17.4 Å². The lowest BCUT2D eigenvalue weighted by molar-refractivity contribution is -0.137. The molecule has 142 valence electrons. The summed E-state index contributed by atoms with van der Waals surface area (Å²) in [6.07, 6.45) is 3.96. The zero-order valence-electron chi connectivity index (χ0n) is 15.0. The lowest BCUT2D eigenvalue weighted by Crippen LogP contribution is -2.41. The molecule has 3 rings (SSSR count). The lowest BCUT2D eigenvalue weighted by atomic mass is 10.3. The lowest BCUT2D eigenvalue weighted by Gasteiger charge is -2.14. The quantitative estimate of drug-likeness (QED) is 0.617. The molecule has 10 nitrogen and oxygen atoms in total. The summed E-state index contributed by atoms with van der Waals surface area (Å²) in [5.41, 5.74) is -0.0311. The number of aryl methyl sites for hydroxylation is 2. The van der Waals surface area contributed by atoms with E-state index in [1.54, 1.807) is 30.9 Å². The van der Waals surface area contributed by atoms with E-state index in [0.29, 0.717) is 11.0 Å². The second kappa shape index (κ2) is 7.06. The molecular formula is C17H19N5O5. The Labute approximate surface area is 153 Å². The van der Waals surface area contributed by atoms with Crippen LogP contribution in [0.25, 0.3) is 11.0 Å². The van der Waals surface area contributed by atoms with Crippen LogP contribution < -0.4 is 16.6 Å². The standard InChI is InChI=1S/C17H19N5O5/c1-19-8-5-11-15(19)16(26)22(17(27)20(11)2)9-6-12(23)18-7-10-21-13(24)3-4-14(21)25/h3-5,8H,6-7,9-10H2,1-2H3,(H,18,23). The van der Waals surface area contributed by atoms with Crippen molar-refractivity contribution in [1.29, 1.82) is 0 Å². The fourth-order valence-electron chi connectivity index (χ4n) is 3.00. The van der Waals surface area contributed by atoms with Crippen molar-refractivity contribution < 1.29 is 14.4 Å². The first-order chi connectivity index (χ1) is 12.8. The molecule has 2 aromatic rings. The Hall–Kier alpha value is -3.43. The van der Waals surface area contributed by atoms with Crippen molar-refractivity contribution in [2.24, 2.45) is 14.1 Å². The Morgan fingerprint density at radius 1 is 1.04 bits per heavy atom. The zero-order valence-corrected chi connectivity index (χ0v) is 15.0. The van der Waals surface area contributed by atoms with Crippen LogP contribution in [0.5, 0.6) is 0 Å². The highest BCUT2D eigenvalue weighted by Gasteiger charge is 2.22. The number of rotatable bonds is 6. The Balaban J connectivity index is 1.63. The maximum atomic E-state index is 12.6. The molecule has 0 bridgehead atoms. The SMILES string of the molecule is Cn1ccc2c1c(=O)n(CCC(=O)NCCN1C(=O)C=CC1=O)c(=O)n2C. The summed E-state index contributed by atoms with van der Waals surface area (Å²) >= 11 is 0. The topological polar surface area (TPSA) is 115 Å². The molecule has 0 fully saturated rings. The summed E-state index contributed by atoms with van der Waals surface area (Å²) < 4.78 is 4.03. The van der Waals surface area contributed by atoms with Gasteiger partial charge in [-0.3, -0.25) is 33.2 Å². The van der Waals surface area contributed by atoms with Crippen LogP contribution >= 0.6 is 0 Å². The molecule has 0 unspecified atom stereocenters. The minimum atomic E-state index is -0.495. The molecule has 0 aliphatic carbocycles. The van der Waals surface area contributed by atoms with E-state index in [-0.39, 0.29) is 32.0 Å². The highest BCUT2D eigenvalue weighted by molar-refractivity contribution is 6.12. The average Bonchev–Trinajstić information content (AvgIpc) is 3.17. The number of hydrogen-bond acceptors (Lipinski definition) is 5. The van der Waals surface area contributed by atoms with Crippen molar-refractivity contribution in [3.63, 3.8) is 0 Å². The highest BCUT2D eigenvalue weighted by atomic mass is 16.2. The third-order valence-corrected chi connectivity index (χ3v) is 4.50. The zero-order chi connectivity index (χ0) is 19.7. The third kappa shape index (κ3) is 3.33. The number of amides is 3. The normalized spacial score (nSPS) is 13.8. The summed E-state index contributed by atoms with van der Waals surface area (Å²) in [6.45, 7) is 0.0940. The van der Waals surface area contributed by atoms with E-state index >= 15 is 0 Å². The molecule has 1 aliphatic rings. The van der Waals surface area contributed by atoms with E-state index < -0.39 is 23.1 Å². The molecule has 0 atom stereocenters. The molecule has 1 aliphatic heterocycles. The molecule has 27 heavy (non-hydrogen) atoms. The molecule has 0 spiro atoms. The van der Waals surface area contributed by atoms with Crippen molar-refractivity contribution in [2.75, 3.05) is 13.1 Å². The van der Waals surface area contributed by atoms with Gasteiger partial charge in [0.15, 0.2) is 0 Å². The number of carbonyl (C=O) groups excluding carboxylic acids is 3. The molecule has 0 saturated heterocycles. The number of hydrogen-bond donors (Lipinski definition) is 1. The average molecular weight is 373 g/mol. The number of aromatic nitrogens is 3. The monoisotopic (exact) mass is 373 g/mol. The van der Waals surface area contributed by atoms with Crippen molar-refractivity contribution in [3.8, 4) is 0 Å². The fourth-order valence-corrected chi connectivity index (χ4v) is 3.00. The maximum Gasteiger partial charge on any atom is 0.331 e. The first-order valence-electron chi connectivity index (χ1n) is 8.36. The van der Waals surface area contributed by atoms with Gasteiger partial charge >= 0.3 is 5.69 Å². The molecule has 2 aromatic heterocycles. The summed E-state index contributed by atoms with van der Waals surface area (Å²) in [4.78, 5) is 60.8. The van der Waals surface area contributed by atoms with Gasteiger partial charge in [0.1, 0.15) is 5.52 Å². The number of carbonyl (C=O) groups is 3. The first kappa shape index (κ1) is 18.4.